The van der Waals surface area contributed by atoms with Gasteiger partial charge in [-0.25, -0.2) is 4.98 Å². The average Bonchev–Trinajstić information content (AvgIpc) is 3.25. The third kappa shape index (κ3) is 5.50. The van der Waals surface area contributed by atoms with Gasteiger partial charge in [-0.3, -0.25) is 19.7 Å². The zero-order valence-electron chi connectivity index (χ0n) is 21.2. The predicted octanol–water partition coefficient (Wildman–Crippen LogP) is 1.90. The number of aromatic nitrogens is 1. The molecule has 0 radical (unpaired) electrons. The molecule has 4 atom stereocenters. The molecule has 4 heterocycles. The Morgan fingerprint density at radius 1 is 1.27 bits per heavy atom. The Morgan fingerprint density at radius 3 is 2.77 bits per heavy atom. The second-order valence-electron chi connectivity index (χ2n) is 9.62. The number of halogens is 3. The van der Waals surface area contributed by atoms with E-state index in [9.17, 15) is 19.5 Å². The highest BCUT2D eigenvalue weighted by Gasteiger charge is 2.45. The number of nitrogens with two attached hydrogens (primary N) is 1. The monoisotopic (exact) mass is 609 g/mol. The minimum atomic E-state index is -0.889. The third-order valence-electron chi connectivity index (χ3n) is 6.95. The lowest BCUT2D eigenvalue weighted by atomic mass is 9.90. The fourth-order valence-electron chi connectivity index (χ4n) is 5.04. The Morgan fingerprint density at radius 2 is 2.05 bits per heavy atom. The Kier molecular flexibility index (Phi) is 7.98. The molecule has 6 N–H and O–H groups in total. The van der Waals surface area contributed by atoms with E-state index in [1.54, 1.807) is 17.2 Å². The van der Waals surface area contributed by atoms with Crippen molar-refractivity contribution in [2.75, 3.05) is 36.5 Å². The zero-order chi connectivity index (χ0) is 28.7. The first-order valence-corrected chi connectivity index (χ1v) is 13.5. The van der Waals surface area contributed by atoms with Crippen LogP contribution in [-0.2, 0) is 14.3 Å². The average molecular weight is 611 g/mol. The summed E-state index contributed by atoms with van der Waals surface area (Å²) in [5, 5.41) is 18.8. The van der Waals surface area contributed by atoms with Crippen LogP contribution in [0.2, 0.25) is 10.0 Å². The van der Waals surface area contributed by atoms with Gasteiger partial charge in [-0.2, -0.15) is 0 Å². The number of primary amides is 1. The first-order chi connectivity index (χ1) is 19.0. The first-order valence-electron chi connectivity index (χ1n) is 12.3. The molecule has 0 bridgehead atoms. The lowest BCUT2D eigenvalue weighted by molar-refractivity contribution is -0.128. The predicted molar refractivity (Wildman–Crippen MR) is 150 cm³/mol. The summed E-state index contributed by atoms with van der Waals surface area (Å²) in [6.07, 6.45) is 2.40. The highest BCUT2D eigenvalue weighted by Crippen LogP contribution is 2.40. The molecule has 2 aromatic rings. The minimum absolute atomic E-state index is 0.103. The lowest BCUT2D eigenvalue weighted by Gasteiger charge is -2.36. The van der Waals surface area contributed by atoms with Gasteiger partial charge in [0.15, 0.2) is 5.62 Å². The van der Waals surface area contributed by atoms with Crippen molar-refractivity contribution < 1.29 is 24.2 Å². The number of pyridine rings is 1. The molecule has 212 valence electrons. The number of hydrogen-bond donors (Lipinski definition) is 5. The van der Waals surface area contributed by atoms with Gasteiger partial charge in [0.1, 0.15) is 11.6 Å². The van der Waals surface area contributed by atoms with E-state index in [0.717, 1.165) is 0 Å². The number of fused-ring (bicyclic) bond motifs is 1. The fourth-order valence-corrected chi connectivity index (χ4v) is 5.65. The summed E-state index contributed by atoms with van der Waals surface area (Å²) < 4.78 is 5.49. The Labute approximate surface area is 244 Å². The van der Waals surface area contributed by atoms with E-state index < -0.39 is 41.2 Å². The van der Waals surface area contributed by atoms with Gasteiger partial charge in [0.05, 0.1) is 65.4 Å². The second kappa shape index (κ2) is 11.3. The van der Waals surface area contributed by atoms with Gasteiger partial charge >= 0.3 is 0 Å². The molecule has 1 aromatic heterocycles. The van der Waals surface area contributed by atoms with Crippen LogP contribution >= 0.6 is 34.8 Å². The van der Waals surface area contributed by atoms with Crippen LogP contribution < -0.4 is 26.6 Å². The number of benzene rings is 1. The molecule has 3 aliphatic rings. The van der Waals surface area contributed by atoms with E-state index in [0.29, 0.717) is 42.4 Å². The quantitative estimate of drug-likeness (QED) is 0.243. The number of morpholine rings is 1. The normalized spacial score (nSPS) is 24.3. The highest BCUT2D eigenvalue weighted by atomic mass is 35.5. The summed E-state index contributed by atoms with van der Waals surface area (Å²) in [6.45, 7) is 3.63. The molecule has 0 aliphatic carbocycles. The van der Waals surface area contributed by atoms with Crippen LogP contribution in [0.15, 0.2) is 30.6 Å². The number of nitrogens with zero attached hydrogens (tertiary/aromatic N) is 3. The fraction of sp³-hybridized carbons (Fsp3) is 0.360. The van der Waals surface area contributed by atoms with Crippen molar-refractivity contribution in [3.05, 3.63) is 51.8 Å². The minimum Gasteiger partial charge on any atom is -0.506 e. The van der Waals surface area contributed by atoms with Gasteiger partial charge in [0.2, 0.25) is 11.8 Å². The van der Waals surface area contributed by atoms with E-state index >= 15 is 0 Å². The molecular formula is C25H26Cl3N7O5. The van der Waals surface area contributed by atoms with Gasteiger partial charge in [-0.1, -0.05) is 34.8 Å². The molecule has 40 heavy (non-hydrogen) atoms. The number of amides is 3. The summed E-state index contributed by atoms with van der Waals surface area (Å²) >= 11 is 18.7. The lowest BCUT2D eigenvalue weighted by Crippen LogP contribution is -2.62. The number of nitrogens with one attached hydrogen (secondary N) is 3. The molecule has 3 unspecified atom stereocenters. The van der Waals surface area contributed by atoms with Crippen molar-refractivity contribution >= 4 is 69.6 Å². The summed E-state index contributed by atoms with van der Waals surface area (Å²) in [5.41, 5.74) is 5.52. The van der Waals surface area contributed by atoms with Crippen LogP contribution in [0.5, 0.6) is 5.75 Å². The summed E-state index contributed by atoms with van der Waals surface area (Å²) in [5.74, 6) is -2.32. The van der Waals surface area contributed by atoms with Crippen molar-refractivity contribution in [3.8, 4) is 5.75 Å². The number of phenols is 1. The summed E-state index contributed by atoms with van der Waals surface area (Å²) in [7, 11) is 0. The molecule has 12 nitrogen and oxygen atoms in total. The molecule has 0 spiro atoms. The van der Waals surface area contributed by atoms with Crippen LogP contribution in [0.3, 0.4) is 0 Å². The van der Waals surface area contributed by atoms with E-state index in [-0.39, 0.29) is 28.2 Å². The maximum Gasteiger partial charge on any atom is 0.252 e. The van der Waals surface area contributed by atoms with E-state index in [2.05, 4.69) is 25.8 Å². The van der Waals surface area contributed by atoms with E-state index in [1.165, 1.54) is 18.3 Å². The molecule has 15 heteroatoms. The first kappa shape index (κ1) is 28.2. The molecule has 1 aromatic carbocycles. The standard InChI is InChI=1S/C25H26Cl3N7O5/c1-11-10-40-3-2-35(11)18-6-17(16(27)7-30-18)31-19(36)9-34-8-14(20-23(34)32-25(28)33-24(20)39)12-4-13(22(29)38)21(37)15(26)5-12/h4-8,11,20,23,25,32,37H,2-3,9-10H2,1H3,(H2,29,38)(H,33,39)(H,30,31,36)/t11-,20?,23?,25?/m0/s1. The van der Waals surface area contributed by atoms with Crippen molar-refractivity contribution in [1.82, 2.24) is 20.5 Å². The molecule has 2 fully saturated rings. The van der Waals surface area contributed by atoms with E-state index in [4.69, 9.17) is 45.3 Å². The number of alkyl halides is 1. The van der Waals surface area contributed by atoms with Gasteiger partial charge < -0.3 is 36.0 Å². The third-order valence-corrected chi connectivity index (χ3v) is 7.77. The van der Waals surface area contributed by atoms with Crippen LogP contribution in [0.25, 0.3) is 5.57 Å². The van der Waals surface area contributed by atoms with Crippen molar-refractivity contribution in [2.45, 2.75) is 24.8 Å². The SMILES string of the molecule is C[C@H]1COCCN1c1cc(NC(=O)CN2C=C(c3cc(Cl)c(O)c(C(N)=O)c3)C3C(=O)NC(Cl)NC32)c(Cl)cn1. The molecule has 3 aliphatic heterocycles. The summed E-state index contributed by atoms with van der Waals surface area (Å²) in [4.78, 5) is 46.2. The number of anilines is 2. The number of ether oxygens (including phenoxy) is 1. The van der Waals surface area contributed by atoms with Crippen molar-refractivity contribution in [2.24, 2.45) is 11.7 Å². The number of hydrogen-bond acceptors (Lipinski definition) is 9. The smallest absolute Gasteiger partial charge is 0.252 e. The molecular weight excluding hydrogens is 585 g/mol. The maximum atomic E-state index is 13.2. The number of carbonyl (C=O) groups is 3. The molecule has 3 amide bonds. The topological polar surface area (TPSA) is 162 Å². The maximum absolute atomic E-state index is 13.2. The van der Waals surface area contributed by atoms with Gasteiger partial charge in [-0.15, -0.1) is 0 Å². The zero-order valence-corrected chi connectivity index (χ0v) is 23.4. The molecule has 5 rings (SSSR count). The van der Waals surface area contributed by atoms with Crippen LogP contribution in [0.4, 0.5) is 11.5 Å². The molecule has 0 saturated carbocycles. The number of carbonyl (C=O) groups excluding carboxylic acids is 3. The number of rotatable bonds is 6. The largest absolute Gasteiger partial charge is 0.506 e. The molecule has 2 saturated heterocycles. The van der Waals surface area contributed by atoms with Crippen LogP contribution in [0.1, 0.15) is 22.8 Å². The van der Waals surface area contributed by atoms with Gasteiger partial charge in [0.25, 0.3) is 5.91 Å². The number of aromatic hydroxyl groups is 1. The highest BCUT2D eigenvalue weighted by molar-refractivity contribution is 6.34. The second-order valence-corrected chi connectivity index (χ2v) is 10.9. The van der Waals surface area contributed by atoms with E-state index in [1.807, 2.05) is 6.92 Å². The van der Waals surface area contributed by atoms with Gasteiger partial charge in [0, 0.05) is 18.8 Å². The van der Waals surface area contributed by atoms with Crippen LogP contribution in [0, 0.1) is 5.92 Å². The summed E-state index contributed by atoms with van der Waals surface area (Å²) in [6, 6.07) is 4.58. The van der Waals surface area contributed by atoms with Crippen LogP contribution in [-0.4, -0.2) is 76.8 Å². The van der Waals surface area contributed by atoms with Crippen molar-refractivity contribution in [3.63, 3.8) is 0 Å². The Bertz CT molecular complexity index is 1410. The van der Waals surface area contributed by atoms with Gasteiger partial charge in [-0.05, 0) is 30.2 Å². The van der Waals surface area contributed by atoms with Crippen molar-refractivity contribution in [1.29, 1.82) is 0 Å². The Hall–Kier alpha value is -3.29. The Balaban J connectivity index is 1.41.